The first kappa shape index (κ1) is 15.3. The number of hydrogen-bond acceptors (Lipinski definition) is 7. The van der Waals surface area contributed by atoms with Gasteiger partial charge in [0, 0.05) is 6.42 Å². The smallest absolute Gasteiger partial charge is 0.196 e. The van der Waals surface area contributed by atoms with Crippen molar-refractivity contribution in [2.24, 2.45) is 0 Å². The number of carbonyl (C=O) groups is 1. The number of rotatable bonds is 3. The Hall–Kier alpha value is -0.570. The fourth-order valence-electron chi connectivity index (χ4n) is 3.46. The van der Waals surface area contributed by atoms with Crippen molar-refractivity contribution in [3.05, 3.63) is 0 Å². The van der Waals surface area contributed by atoms with Gasteiger partial charge in [-0.1, -0.05) is 0 Å². The molecule has 0 amide bonds. The molecule has 3 fully saturated rings. The molecule has 0 aromatic rings. The minimum atomic E-state index is -0.915. The number of Topliss-reactive ketones (excluding diaryl/α,β-unsaturated/α-hetero) is 1. The molecule has 21 heavy (non-hydrogen) atoms. The zero-order valence-corrected chi connectivity index (χ0v) is 13.0. The van der Waals surface area contributed by atoms with E-state index in [1.54, 1.807) is 27.7 Å². The molecule has 3 rings (SSSR count). The van der Waals surface area contributed by atoms with Gasteiger partial charge in [-0.05, 0) is 27.7 Å². The maximum absolute atomic E-state index is 12.7. The van der Waals surface area contributed by atoms with Crippen LogP contribution >= 0.6 is 0 Å². The second-order valence-corrected chi connectivity index (χ2v) is 6.69. The maximum Gasteiger partial charge on any atom is 0.196 e. The van der Waals surface area contributed by atoms with Crippen LogP contribution in [0.15, 0.2) is 0 Å². The molecule has 4 unspecified atom stereocenters. The quantitative estimate of drug-likeness (QED) is 0.567. The third-order valence-corrected chi connectivity index (χ3v) is 4.02. The molecule has 0 aromatic carbocycles. The topological polar surface area (TPSA) is 72.5 Å². The normalized spacial score (nSPS) is 43.7. The Morgan fingerprint density at radius 2 is 1.86 bits per heavy atom. The highest BCUT2D eigenvalue weighted by atomic mass is 17.2. The Morgan fingerprint density at radius 1 is 1.14 bits per heavy atom. The summed E-state index contributed by atoms with van der Waals surface area (Å²) in [7, 11) is 1.42. The summed E-state index contributed by atoms with van der Waals surface area (Å²) in [5.74, 6) is -1.82. The van der Waals surface area contributed by atoms with E-state index < -0.39 is 29.4 Å². The first-order valence-corrected chi connectivity index (χ1v) is 7.11. The molecule has 1 aliphatic carbocycles. The van der Waals surface area contributed by atoms with Gasteiger partial charge in [0.25, 0.3) is 0 Å². The fraction of sp³-hybridized carbons (Fsp3) is 0.929. The van der Waals surface area contributed by atoms with Crippen LogP contribution in [0.2, 0.25) is 0 Å². The Balaban J connectivity index is 1.90. The second kappa shape index (κ2) is 4.71. The lowest BCUT2D eigenvalue weighted by Crippen LogP contribution is -2.60. The minimum Gasteiger partial charge on any atom is -0.344 e. The molecule has 2 saturated heterocycles. The monoisotopic (exact) mass is 302 g/mol. The van der Waals surface area contributed by atoms with E-state index in [0.29, 0.717) is 6.42 Å². The summed E-state index contributed by atoms with van der Waals surface area (Å²) in [6, 6.07) is 0. The average molecular weight is 302 g/mol. The van der Waals surface area contributed by atoms with Crippen molar-refractivity contribution in [3.8, 4) is 0 Å². The van der Waals surface area contributed by atoms with Crippen LogP contribution in [0, 0.1) is 0 Å². The van der Waals surface area contributed by atoms with Crippen LogP contribution < -0.4 is 0 Å². The highest BCUT2D eigenvalue weighted by Crippen LogP contribution is 2.48. The third-order valence-electron chi connectivity index (χ3n) is 4.02. The Morgan fingerprint density at radius 3 is 2.52 bits per heavy atom. The Bertz CT molecular complexity index is 447. The first-order chi connectivity index (χ1) is 9.68. The molecular weight excluding hydrogens is 280 g/mol. The van der Waals surface area contributed by atoms with Gasteiger partial charge in [-0.25, -0.2) is 9.78 Å². The van der Waals surface area contributed by atoms with Gasteiger partial charge in [-0.15, -0.1) is 0 Å². The van der Waals surface area contributed by atoms with Crippen LogP contribution in [0.1, 0.15) is 34.1 Å². The Labute approximate surface area is 123 Å². The van der Waals surface area contributed by atoms with Crippen LogP contribution in [0.4, 0.5) is 0 Å². The summed E-state index contributed by atoms with van der Waals surface area (Å²) in [4.78, 5) is 22.5. The summed E-state index contributed by atoms with van der Waals surface area (Å²) in [6.07, 6.45) is -1.30. The lowest BCUT2D eigenvalue weighted by molar-refractivity contribution is -0.308. The van der Waals surface area contributed by atoms with E-state index in [0.717, 1.165) is 0 Å². The summed E-state index contributed by atoms with van der Waals surface area (Å²) in [5.41, 5.74) is -0.915. The molecular formula is C14H22O7. The molecule has 0 bridgehead atoms. The molecule has 7 heteroatoms. The molecule has 0 N–H and O–H groups in total. The van der Waals surface area contributed by atoms with Gasteiger partial charge in [-0.2, -0.15) is 0 Å². The van der Waals surface area contributed by atoms with E-state index in [-0.39, 0.29) is 18.5 Å². The van der Waals surface area contributed by atoms with Gasteiger partial charge >= 0.3 is 0 Å². The van der Waals surface area contributed by atoms with Gasteiger partial charge in [-0.3, -0.25) is 4.79 Å². The van der Waals surface area contributed by atoms with Crippen molar-refractivity contribution in [2.45, 2.75) is 69.6 Å². The molecule has 0 spiro atoms. The van der Waals surface area contributed by atoms with E-state index in [1.165, 1.54) is 7.11 Å². The summed E-state index contributed by atoms with van der Waals surface area (Å²) >= 11 is 0. The summed E-state index contributed by atoms with van der Waals surface area (Å²) in [6.45, 7) is 7.22. The summed E-state index contributed by atoms with van der Waals surface area (Å²) in [5, 5.41) is 0. The zero-order chi connectivity index (χ0) is 15.5. The van der Waals surface area contributed by atoms with Crippen molar-refractivity contribution in [1.82, 2.24) is 0 Å². The van der Waals surface area contributed by atoms with Gasteiger partial charge in [0.05, 0.1) is 13.2 Å². The molecule has 7 nitrogen and oxygen atoms in total. The predicted molar refractivity (Wildman–Crippen MR) is 69.2 cm³/mol. The van der Waals surface area contributed by atoms with Crippen LogP contribution in [-0.2, 0) is 33.5 Å². The molecule has 120 valence electrons. The largest absolute Gasteiger partial charge is 0.344 e. The van der Waals surface area contributed by atoms with Crippen LogP contribution in [0.3, 0.4) is 0 Å². The van der Waals surface area contributed by atoms with E-state index >= 15 is 0 Å². The van der Waals surface area contributed by atoms with E-state index in [2.05, 4.69) is 4.89 Å². The molecule has 0 radical (unpaired) electrons. The molecule has 3 aliphatic rings. The number of fused-ring (bicyclic) bond motifs is 2. The first-order valence-electron chi connectivity index (χ1n) is 7.11. The van der Waals surface area contributed by atoms with Gasteiger partial charge in [0.2, 0.25) is 0 Å². The number of ether oxygens (including phenoxy) is 4. The second-order valence-electron chi connectivity index (χ2n) is 6.69. The van der Waals surface area contributed by atoms with Gasteiger partial charge in [0.15, 0.2) is 23.5 Å². The minimum absolute atomic E-state index is 0.0936. The van der Waals surface area contributed by atoms with Crippen molar-refractivity contribution in [1.29, 1.82) is 0 Å². The van der Waals surface area contributed by atoms with Crippen molar-refractivity contribution < 1.29 is 33.5 Å². The highest BCUT2D eigenvalue weighted by molar-refractivity contribution is 5.91. The van der Waals surface area contributed by atoms with Crippen LogP contribution in [0.25, 0.3) is 0 Å². The molecule has 0 aromatic heterocycles. The van der Waals surface area contributed by atoms with Crippen LogP contribution in [0.5, 0.6) is 0 Å². The number of ketones is 1. The Kier molecular flexibility index (Phi) is 3.44. The van der Waals surface area contributed by atoms with Crippen molar-refractivity contribution >= 4 is 5.78 Å². The van der Waals surface area contributed by atoms with Gasteiger partial charge in [0.1, 0.15) is 18.3 Å². The lowest BCUT2D eigenvalue weighted by atomic mass is 9.79. The number of hydrogen-bond donors (Lipinski definition) is 0. The van der Waals surface area contributed by atoms with E-state index in [1.807, 2.05) is 0 Å². The number of carbonyl (C=O) groups excluding carboxylic acids is 1. The maximum atomic E-state index is 12.7. The van der Waals surface area contributed by atoms with Gasteiger partial charge < -0.3 is 18.9 Å². The predicted octanol–water partition coefficient (Wildman–Crippen LogP) is 0.948. The van der Waals surface area contributed by atoms with E-state index in [4.69, 9.17) is 23.8 Å². The standard InChI is InChI=1S/C14H22O7/c1-12(2)18-8-6-14(7-17-16-5)11(9(15)10(8)19-12)20-13(3,4)21-14/h8,10-11H,6-7H2,1-5H3. The molecule has 2 aliphatic heterocycles. The van der Waals surface area contributed by atoms with Crippen molar-refractivity contribution in [3.63, 3.8) is 0 Å². The highest BCUT2D eigenvalue weighted by Gasteiger charge is 2.66. The van der Waals surface area contributed by atoms with Crippen LogP contribution in [-0.4, -0.2) is 55.0 Å². The zero-order valence-electron chi connectivity index (χ0n) is 13.0. The lowest BCUT2D eigenvalue weighted by Gasteiger charge is -2.38. The fourth-order valence-corrected chi connectivity index (χ4v) is 3.46. The SMILES string of the molecule is COOCC12CC3OC(C)(C)OC3C(=O)C1OC(C)(C)O2. The molecule has 1 saturated carbocycles. The van der Waals surface area contributed by atoms with Crippen molar-refractivity contribution in [2.75, 3.05) is 13.7 Å². The third kappa shape index (κ3) is 2.52. The molecule has 4 atom stereocenters. The average Bonchev–Trinajstić information content (AvgIpc) is 2.80. The molecule has 2 heterocycles. The summed E-state index contributed by atoms with van der Waals surface area (Å²) < 4.78 is 23.3. The van der Waals surface area contributed by atoms with E-state index in [9.17, 15) is 4.79 Å².